The van der Waals surface area contributed by atoms with Crippen LogP contribution in [0.4, 0.5) is 11.4 Å². The second-order valence-electron chi connectivity index (χ2n) is 4.51. The SMILES string of the molecule is CCN1CCC(CNc2c(N)cncc2Br)C1. The van der Waals surface area contributed by atoms with E-state index < -0.39 is 0 Å². The van der Waals surface area contributed by atoms with E-state index in [0.29, 0.717) is 5.69 Å². The molecular weight excluding hydrogens is 280 g/mol. The van der Waals surface area contributed by atoms with E-state index in [0.717, 1.165) is 29.2 Å². The third-order valence-electron chi connectivity index (χ3n) is 3.31. The molecule has 2 rings (SSSR count). The van der Waals surface area contributed by atoms with E-state index in [1.54, 1.807) is 12.4 Å². The van der Waals surface area contributed by atoms with E-state index in [1.165, 1.54) is 19.5 Å². The van der Waals surface area contributed by atoms with Gasteiger partial charge in [0.15, 0.2) is 0 Å². The lowest BCUT2D eigenvalue weighted by atomic mass is 10.1. The van der Waals surface area contributed by atoms with Crippen molar-refractivity contribution in [2.24, 2.45) is 5.92 Å². The van der Waals surface area contributed by atoms with Crippen molar-refractivity contribution in [3.63, 3.8) is 0 Å². The predicted molar refractivity (Wildman–Crippen MR) is 75.1 cm³/mol. The first-order valence-electron chi connectivity index (χ1n) is 6.06. The van der Waals surface area contributed by atoms with Gasteiger partial charge < -0.3 is 16.0 Å². The number of nitrogens with zero attached hydrogens (tertiary/aromatic N) is 2. The second kappa shape index (κ2) is 5.69. The Balaban J connectivity index is 1.90. The summed E-state index contributed by atoms with van der Waals surface area (Å²) < 4.78 is 0.933. The van der Waals surface area contributed by atoms with Crippen LogP contribution in [0.2, 0.25) is 0 Å². The Kier molecular flexibility index (Phi) is 4.23. The Bertz CT molecular complexity index is 363. The highest BCUT2D eigenvalue weighted by Gasteiger charge is 2.21. The fourth-order valence-electron chi connectivity index (χ4n) is 2.25. The molecule has 0 radical (unpaired) electrons. The van der Waals surface area contributed by atoms with Gasteiger partial charge in [-0.3, -0.25) is 4.98 Å². The summed E-state index contributed by atoms with van der Waals surface area (Å²) in [7, 11) is 0. The van der Waals surface area contributed by atoms with Crippen molar-refractivity contribution in [1.82, 2.24) is 9.88 Å². The van der Waals surface area contributed by atoms with E-state index in [2.05, 4.69) is 38.1 Å². The molecule has 1 aromatic rings. The maximum Gasteiger partial charge on any atom is 0.0750 e. The van der Waals surface area contributed by atoms with Gasteiger partial charge in [0, 0.05) is 19.3 Å². The zero-order valence-electron chi connectivity index (χ0n) is 10.1. The maximum absolute atomic E-state index is 5.89. The smallest absolute Gasteiger partial charge is 0.0750 e. The van der Waals surface area contributed by atoms with Crippen LogP contribution in [-0.2, 0) is 0 Å². The summed E-state index contributed by atoms with van der Waals surface area (Å²) in [6.07, 6.45) is 4.72. The Morgan fingerprint density at radius 2 is 2.41 bits per heavy atom. The van der Waals surface area contributed by atoms with Crippen LogP contribution in [0.25, 0.3) is 0 Å². The highest BCUT2D eigenvalue weighted by molar-refractivity contribution is 9.10. The van der Waals surface area contributed by atoms with Crippen molar-refractivity contribution >= 4 is 27.3 Å². The molecule has 17 heavy (non-hydrogen) atoms. The van der Waals surface area contributed by atoms with Crippen molar-refractivity contribution < 1.29 is 0 Å². The van der Waals surface area contributed by atoms with Gasteiger partial charge >= 0.3 is 0 Å². The van der Waals surface area contributed by atoms with Crippen molar-refractivity contribution in [3.05, 3.63) is 16.9 Å². The minimum absolute atomic E-state index is 0.699. The molecule has 0 spiro atoms. The second-order valence-corrected chi connectivity index (χ2v) is 5.37. The number of hydrogen-bond acceptors (Lipinski definition) is 4. The van der Waals surface area contributed by atoms with E-state index in [9.17, 15) is 0 Å². The molecule has 5 heteroatoms. The van der Waals surface area contributed by atoms with Crippen LogP contribution >= 0.6 is 15.9 Å². The van der Waals surface area contributed by atoms with Crippen molar-refractivity contribution in [3.8, 4) is 0 Å². The third kappa shape index (κ3) is 3.10. The number of rotatable bonds is 4. The molecule has 2 heterocycles. The number of nitrogens with one attached hydrogen (secondary N) is 1. The third-order valence-corrected chi connectivity index (χ3v) is 3.91. The van der Waals surface area contributed by atoms with Gasteiger partial charge in [0.05, 0.1) is 22.0 Å². The average molecular weight is 299 g/mol. The molecule has 1 saturated heterocycles. The zero-order chi connectivity index (χ0) is 12.3. The van der Waals surface area contributed by atoms with Gasteiger partial charge in [-0.05, 0) is 41.4 Å². The van der Waals surface area contributed by atoms with E-state index in [4.69, 9.17) is 5.73 Å². The number of nitrogens with two attached hydrogens (primary N) is 1. The number of nitrogen functional groups attached to an aromatic ring is 1. The maximum atomic E-state index is 5.89. The van der Waals surface area contributed by atoms with Crippen LogP contribution < -0.4 is 11.1 Å². The van der Waals surface area contributed by atoms with Gasteiger partial charge in [-0.15, -0.1) is 0 Å². The molecule has 1 aliphatic rings. The summed E-state index contributed by atoms with van der Waals surface area (Å²) in [4.78, 5) is 6.51. The minimum Gasteiger partial charge on any atom is -0.396 e. The molecule has 0 aromatic carbocycles. The lowest BCUT2D eigenvalue weighted by molar-refractivity contribution is 0.345. The number of anilines is 2. The Hall–Kier alpha value is -0.810. The Morgan fingerprint density at radius 3 is 3.06 bits per heavy atom. The molecule has 0 aliphatic carbocycles. The van der Waals surface area contributed by atoms with Gasteiger partial charge in [-0.1, -0.05) is 6.92 Å². The van der Waals surface area contributed by atoms with Gasteiger partial charge in [-0.25, -0.2) is 0 Å². The number of hydrogen-bond donors (Lipinski definition) is 2. The zero-order valence-corrected chi connectivity index (χ0v) is 11.7. The number of halogens is 1. The standard InChI is InChI=1S/C12H19BrN4/c1-2-17-4-3-9(8-17)5-16-12-10(13)6-15-7-11(12)14/h6-7,9H,2-5,8,14H2,1H3,(H,15,16). The fourth-order valence-corrected chi connectivity index (χ4v) is 2.74. The first kappa shape index (κ1) is 12.6. The first-order valence-corrected chi connectivity index (χ1v) is 6.85. The van der Waals surface area contributed by atoms with Crippen LogP contribution in [0.5, 0.6) is 0 Å². The van der Waals surface area contributed by atoms with Crippen molar-refractivity contribution in [1.29, 1.82) is 0 Å². The molecule has 0 bridgehead atoms. The Labute approximate surface area is 111 Å². The van der Waals surface area contributed by atoms with E-state index >= 15 is 0 Å². The molecule has 0 amide bonds. The summed E-state index contributed by atoms with van der Waals surface area (Å²) in [5.74, 6) is 0.717. The molecule has 3 N–H and O–H groups in total. The summed E-state index contributed by atoms with van der Waals surface area (Å²) in [6.45, 7) is 6.75. The summed E-state index contributed by atoms with van der Waals surface area (Å²) in [5, 5.41) is 3.43. The largest absolute Gasteiger partial charge is 0.396 e. The molecule has 1 atom stereocenters. The predicted octanol–water partition coefficient (Wildman–Crippen LogP) is 2.18. The van der Waals surface area contributed by atoms with Crippen LogP contribution in [-0.4, -0.2) is 36.1 Å². The first-order chi connectivity index (χ1) is 8.20. The molecular formula is C12H19BrN4. The average Bonchev–Trinajstić information content (AvgIpc) is 2.76. The topological polar surface area (TPSA) is 54.2 Å². The molecule has 94 valence electrons. The number of pyridine rings is 1. The molecule has 0 saturated carbocycles. The highest BCUT2D eigenvalue weighted by Crippen LogP contribution is 2.27. The van der Waals surface area contributed by atoms with E-state index in [1.807, 2.05) is 0 Å². The van der Waals surface area contributed by atoms with Gasteiger partial charge in [0.1, 0.15) is 0 Å². The molecule has 4 nitrogen and oxygen atoms in total. The van der Waals surface area contributed by atoms with Crippen LogP contribution in [0, 0.1) is 5.92 Å². The minimum atomic E-state index is 0.699. The fraction of sp³-hybridized carbons (Fsp3) is 0.583. The summed E-state index contributed by atoms with van der Waals surface area (Å²) in [6, 6.07) is 0. The highest BCUT2D eigenvalue weighted by atomic mass is 79.9. The quantitative estimate of drug-likeness (QED) is 0.895. The van der Waals surface area contributed by atoms with Crippen LogP contribution in [0.1, 0.15) is 13.3 Å². The van der Waals surface area contributed by atoms with Crippen LogP contribution in [0.3, 0.4) is 0 Å². The number of aromatic nitrogens is 1. The van der Waals surface area contributed by atoms with Gasteiger partial charge in [-0.2, -0.15) is 0 Å². The monoisotopic (exact) mass is 298 g/mol. The summed E-state index contributed by atoms with van der Waals surface area (Å²) in [5.41, 5.74) is 7.56. The molecule has 1 fully saturated rings. The van der Waals surface area contributed by atoms with Crippen LogP contribution in [0.15, 0.2) is 16.9 Å². The summed E-state index contributed by atoms with van der Waals surface area (Å²) >= 11 is 3.47. The number of likely N-dealkylation sites (tertiary alicyclic amines) is 1. The molecule has 1 aromatic heterocycles. The lowest BCUT2D eigenvalue weighted by Crippen LogP contribution is -2.22. The van der Waals surface area contributed by atoms with Crippen molar-refractivity contribution in [2.75, 3.05) is 37.2 Å². The van der Waals surface area contributed by atoms with Crippen molar-refractivity contribution in [2.45, 2.75) is 13.3 Å². The van der Waals surface area contributed by atoms with Gasteiger partial charge in [0.25, 0.3) is 0 Å². The molecule has 1 aliphatic heterocycles. The molecule has 1 unspecified atom stereocenters. The Morgan fingerprint density at radius 1 is 1.59 bits per heavy atom. The lowest BCUT2D eigenvalue weighted by Gasteiger charge is -2.16. The van der Waals surface area contributed by atoms with E-state index in [-0.39, 0.29) is 0 Å². The van der Waals surface area contributed by atoms with Gasteiger partial charge in [0.2, 0.25) is 0 Å². The normalized spacial score (nSPS) is 20.7.